The Bertz CT molecular complexity index is 1220. The lowest BCUT2D eigenvalue weighted by molar-refractivity contribution is -0.131. The van der Waals surface area contributed by atoms with Crippen LogP contribution in [0, 0.1) is 5.82 Å². The number of rotatable bonds is 6. The summed E-state index contributed by atoms with van der Waals surface area (Å²) in [5, 5.41) is 4.83. The number of carbonyl (C=O) groups is 3. The summed E-state index contributed by atoms with van der Waals surface area (Å²) in [5.41, 5.74) is -1.23. The van der Waals surface area contributed by atoms with Crippen molar-refractivity contribution in [1.82, 2.24) is 10.6 Å². The molecule has 0 fully saturated rings. The number of nitrogens with one attached hydrogen (secondary N) is 2. The number of alkyl halides is 2. The van der Waals surface area contributed by atoms with Crippen molar-refractivity contribution in [2.45, 2.75) is 77.1 Å². The number of fused-ring (bicyclic) bond motifs is 1. The van der Waals surface area contributed by atoms with Gasteiger partial charge in [0.25, 0.3) is 5.92 Å². The first-order chi connectivity index (χ1) is 17.6. The van der Waals surface area contributed by atoms with E-state index in [0.29, 0.717) is 0 Å². The number of amides is 3. The van der Waals surface area contributed by atoms with Crippen molar-refractivity contribution in [3.8, 4) is 0 Å². The summed E-state index contributed by atoms with van der Waals surface area (Å²) in [7, 11) is 0. The molecule has 2 atom stereocenters. The predicted molar refractivity (Wildman–Crippen MR) is 138 cm³/mol. The third-order valence-electron chi connectivity index (χ3n) is 5.83. The fraction of sp³-hybridized carbons (Fsp3) is 0.444. The third-order valence-corrected chi connectivity index (χ3v) is 6.07. The molecule has 2 aromatic carbocycles. The first-order valence-corrected chi connectivity index (χ1v) is 12.5. The number of hydrogen-bond acceptors (Lipinski definition) is 4. The van der Waals surface area contributed by atoms with Gasteiger partial charge in [0, 0.05) is 29.5 Å². The van der Waals surface area contributed by atoms with Crippen LogP contribution in [0.15, 0.2) is 42.5 Å². The van der Waals surface area contributed by atoms with E-state index in [1.54, 1.807) is 40.7 Å². The zero-order valence-electron chi connectivity index (χ0n) is 21.8. The fourth-order valence-corrected chi connectivity index (χ4v) is 4.38. The highest BCUT2D eigenvalue weighted by Gasteiger charge is 2.47. The van der Waals surface area contributed by atoms with Crippen LogP contribution in [0.25, 0.3) is 0 Å². The van der Waals surface area contributed by atoms with Crippen molar-refractivity contribution < 1.29 is 32.3 Å². The van der Waals surface area contributed by atoms with E-state index < -0.39 is 65.4 Å². The van der Waals surface area contributed by atoms with Gasteiger partial charge in [0.15, 0.2) is 0 Å². The Hall–Kier alpha value is -3.27. The molecule has 38 heavy (non-hydrogen) atoms. The van der Waals surface area contributed by atoms with E-state index in [4.69, 9.17) is 16.3 Å². The SMILES string of the molecule is CC(C)N1C(=O)C(NC(=O)[C@@H](Cc2ccccc2F)NC(=O)OC(C)(C)C)CC(F)(F)c2cc(Cl)ccc21. The second kappa shape index (κ2) is 11.2. The molecule has 0 saturated carbocycles. The number of ether oxygens (including phenoxy) is 1. The van der Waals surface area contributed by atoms with E-state index in [1.807, 2.05) is 0 Å². The van der Waals surface area contributed by atoms with E-state index in [2.05, 4.69) is 10.6 Å². The van der Waals surface area contributed by atoms with Gasteiger partial charge in [0.1, 0.15) is 23.5 Å². The molecule has 0 aliphatic carbocycles. The van der Waals surface area contributed by atoms with E-state index in [0.717, 1.165) is 6.07 Å². The normalized spacial score (nSPS) is 17.9. The van der Waals surface area contributed by atoms with Crippen LogP contribution in [-0.4, -0.2) is 41.6 Å². The minimum Gasteiger partial charge on any atom is -0.444 e. The number of nitrogens with zero attached hydrogens (tertiary/aromatic N) is 1. The number of benzene rings is 2. The summed E-state index contributed by atoms with van der Waals surface area (Å²) >= 11 is 5.98. The van der Waals surface area contributed by atoms with Gasteiger partial charge in [-0.15, -0.1) is 0 Å². The van der Waals surface area contributed by atoms with Crippen LogP contribution in [0.4, 0.5) is 23.7 Å². The lowest BCUT2D eigenvalue weighted by Crippen LogP contribution is -2.56. The zero-order chi connectivity index (χ0) is 28.4. The van der Waals surface area contributed by atoms with Gasteiger partial charge in [0.2, 0.25) is 11.8 Å². The van der Waals surface area contributed by atoms with Gasteiger partial charge in [-0.3, -0.25) is 9.59 Å². The number of halogens is 4. The molecule has 0 radical (unpaired) electrons. The maximum atomic E-state index is 15.4. The van der Waals surface area contributed by atoms with Crippen molar-refractivity contribution >= 4 is 35.2 Å². The van der Waals surface area contributed by atoms with Crippen LogP contribution in [-0.2, 0) is 26.7 Å². The Morgan fingerprint density at radius 3 is 2.45 bits per heavy atom. The van der Waals surface area contributed by atoms with Crippen LogP contribution >= 0.6 is 11.6 Å². The molecular weight excluding hydrogens is 523 g/mol. The van der Waals surface area contributed by atoms with Gasteiger partial charge in [-0.25, -0.2) is 18.0 Å². The molecule has 0 aromatic heterocycles. The van der Waals surface area contributed by atoms with Crippen molar-refractivity contribution in [3.05, 3.63) is 64.4 Å². The summed E-state index contributed by atoms with van der Waals surface area (Å²) < 4.78 is 50.4. The standard InChI is InChI=1S/C27H31ClF3N3O4/c1-15(2)34-22-11-10-17(28)13-18(22)27(30,31)14-21(24(34)36)32-23(35)20(33-25(37)38-26(3,4)5)12-16-8-6-7-9-19(16)29/h6-11,13,15,20-21H,12,14H2,1-5H3,(H,32,35)(H,33,37)/t20-,21?/m1/s1. The lowest BCUT2D eigenvalue weighted by Gasteiger charge is -2.30. The number of anilines is 1. The molecule has 0 saturated heterocycles. The van der Waals surface area contributed by atoms with Crippen molar-refractivity contribution in [2.75, 3.05) is 4.90 Å². The van der Waals surface area contributed by atoms with Crippen LogP contribution < -0.4 is 15.5 Å². The molecule has 3 rings (SSSR count). The average molecular weight is 554 g/mol. The second-order valence-electron chi connectivity index (χ2n) is 10.4. The molecule has 1 aliphatic heterocycles. The first kappa shape index (κ1) is 29.3. The molecule has 2 N–H and O–H groups in total. The molecule has 3 amide bonds. The summed E-state index contributed by atoms with van der Waals surface area (Å²) in [6, 6.07) is 5.91. The molecule has 1 heterocycles. The largest absolute Gasteiger partial charge is 0.444 e. The number of hydrogen-bond donors (Lipinski definition) is 2. The molecular formula is C27H31ClF3N3O4. The van der Waals surface area contributed by atoms with E-state index >= 15 is 8.78 Å². The molecule has 2 aromatic rings. The van der Waals surface area contributed by atoms with Crippen LogP contribution in [0.5, 0.6) is 0 Å². The smallest absolute Gasteiger partial charge is 0.408 e. The molecule has 0 bridgehead atoms. The maximum Gasteiger partial charge on any atom is 0.408 e. The van der Waals surface area contributed by atoms with Crippen LogP contribution in [0.3, 0.4) is 0 Å². The number of alkyl carbamates (subject to hydrolysis) is 1. The Morgan fingerprint density at radius 2 is 1.84 bits per heavy atom. The predicted octanol–water partition coefficient (Wildman–Crippen LogP) is 5.34. The summed E-state index contributed by atoms with van der Waals surface area (Å²) in [4.78, 5) is 40.5. The molecule has 0 spiro atoms. The summed E-state index contributed by atoms with van der Waals surface area (Å²) in [5.74, 6) is -5.83. The van der Waals surface area contributed by atoms with Crippen LogP contribution in [0.2, 0.25) is 5.02 Å². The van der Waals surface area contributed by atoms with Crippen LogP contribution in [0.1, 0.15) is 52.2 Å². The first-order valence-electron chi connectivity index (χ1n) is 12.1. The number of carbonyl (C=O) groups excluding carboxylic acids is 3. The topological polar surface area (TPSA) is 87.7 Å². The fourth-order valence-electron chi connectivity index (χ4n) is 4.21. The van der Waals surface area contributed by atoms with Gasteiger partial charge in [-0.05, 0) is 64.4 Å². The Kier molecular flexibility index (Phi) is 8.65. The quantitative estimate of drug-likeness (QED) is 0.506. The van der Waals surface area contributed by atoms with Gasteiger partial charge in [0.05, 0.1) is 5.69 Å². The minimum atomic E-state index is -3.52. The summed E-state index contributed by atoms with van der Waals surface area (Å²) in [6.07, 6.45) is -2.30. The Morgan fingerprint density at radius 1 is 1.18 bits per heavy atom. The van der Waals surface area contributed by atoms with Crippen molar-refractivity contribution in [1.29, 1.82) is 0 Å². The minimum absolute atomic E-state index is 0.00839. The lowest BCUT2D eigenvalue weighted by atomic mass is 10.00. The van der Waals surface area contributed by atoms with Crippen molar-refractivity contribution in [2.24, 2.45) is 0 Å². The highest BCUT2D eigenvalue weighted by molar-refractivity contribution is 6.30. The molecule has 1 unspecified atom stereocenters. The molecule has 206 valence electrons. The highest BCUT2D eigenvalue weighted by atomic mass is 35.5. The van der Waals surface area contributed by atoms with Gasteiger partial charge < -0.3 is 20.3 Å². The van der Waals surface area contributed by atoms with Gasteiger partial charge >= 0.3 is 6.09 Å². The third kappa shape index (κ3) is 6.98. The van der Waals surface area contributed by atoms with E-state index in [1.165, 1.54) is 35.2 Å². The Labute approximate surface area is 224 Å². The molecule has 7 nitrogen and oxygen atoms in total. The molecule has 1 aliphatic rings. The van der Waals surface area contributed by atoms with Crippen molar-refractivity contribution in [3.63, 3.8) is 0 Å². The maximum absolute atomic E-state index is 15.4. The average Bonchev–Trinajstić information content (AvgIpc) is 2.86. The van der Waals surface area contributed by atoms with E-state index in [-0.39, 0.29) is 22.7 Å². The Balaban J connectivity index is 1.93. The summed E-state index contributed by atoms with van der Waals surface area (Å²) in [6.45, 7) is 8.17. The second-order valence-corrected chi connectivity index (χ2v) is 10.9. The van der Waals surface area contributed by atoms with Gasteiger partial charge in [-0.2, -0.15) is 0 Å². The monoisotopic (exact) mass is 553 g/mol. The van der Waals surface area contributed by atoms with Gasteiger partial charge in [-0.1, -0.05) is 29.8 Å². The zero-order valence-corrected chi connectivity index (χ0v) is 22.5. The molecule has 11 heteroatoms. The van der Waals surface area contributed by atoms with E-state index in [9.17, 15) is 18.8 Å². The highest BCUT2D eigenvalue weighted by Crippen LogP contribution is 2.43.